The van der Waals surface area contributed by atoms with Crippen molar-refractivity contribution in [3.8, 4) is 6.07 Å². The number of nitrogens with two attached hydrogens (primary N) is 1. The zero-order valence-corrected chi connectivity index (χ0v) is 10.7. The molecular weight excluding hydrogens is 230 g/mol. The first kappa shape index (κ1) is 14.3. The zero-order valence-electron chi connectivity index (χ0n) is 10.7. The Morgan fingerprint density at radius 1 is 1.56 bits per heavy atom. The minimum absolute atomic E-state index is 0.391. The summed E-state index contributed by atoms with van der Waals surface area (Å²) in [5.74, 6) is 0. The maximum Gasteiger partial charge on any atom is 0.101 e. The van der Waals surface area contributed by atoms with Crippen LogP contribution in [0.2, 0.25) is 0 Å². The molecule has 1 aromatic rings. The van der Waals surface area contributed by atoms with Crippen LogP contribution in [-0.2, 0) is 4.74 Å². The van der Waals surface area contributed by atoms with E-state index in [0.29, 0.717) is 30.8 Å². The van der Waals surface area contributed by atoms with E-state index in [9.17, 15) is 5.11 Å². The lowest BCUT2D eigenvalue weighted by Gasteiger charge is -2.24. The summed E-state index contributed by atoms with van der Waals surface area (Å²) in [6.07, 6.45) is 0.544. The molecule has 0 saturated heterocycles. The van der Waals surface area contributed by atoms with Crippen molar-refractivity contribution in [3.05, 3.63) is 23.8 Å². The lowest BCUT2D eigenvalue weighted by atomic mass is 10.0. The highest BCUT2D eigenvalue weighted by Gasteiger charge is 2.19. The topological polar surface area (TPSA) is 91.3 Å². The Labute approximate surface area is 107 Å². The second-order valence-electron chi connectivity index (χ2n) is 4.51. The van der Waals surface area contributed by atoms with Crippen molar-refractivity contribution in [2.75, 3.05) is 31.3 Å². The van der Waals surface area contributed by atoms with Gasteiger partial charge in [0.05, 0.1) is 16.9 Å². The quantitative estimate of drug-likeness (QED) is 0.662. The average Bonchev–Trinajstić information content (AvgIpc) is 2.34. The minimum Gasteiger partial charge on any atom is -0.398 e. The Morgan fingerprint density at radius 3 is 2.83 bits per heavy atom. The van der Waals surface area contributed by atoms with E-state index in [0.717, 1.165) is 5.69 Å². The summed E-state index contributed by atoms with van der Waals surface area (Å²) in [7, 11) is 1.60. The Kier molecular flexibility index (Phi) is 4.95. The molecule has 1 unspecified atom stereocenters. The third-order valence-electron chi connectivity index (χ3n) is 2.69. The van der Waals surface area contributed by atoms with Gasteiger partial charge >= 0.3 is 0 Å². The van der Waals surface area contributed by atoms with Crippen LogP contribution in [0.5, 0.6) is 0 Å². The molecule has 1 aromatic carbocycles. The molecule has 0 spiro atoms. The number of rotatable bonds is 6. The van der Waals surface area contributed by atoms with Crippen molar-refractivity contribution < 1.29 is 9.84 Å². The molecule has 18 heavy (non-hydrogen) atoms. The van der Waals surface area contributed by atoms with E-state index in [4.69, 9.17) is 15.7 Å². The Balaban J connectivity index is 2.58. The molecule has 0 aliphatic heterocycles. The lowest BCUT2D eigenvalue weighted by molar-refractivity contribution is 0.0357. The fourth-order valence-electron chi connectivity index (χ4n) is 1.48. The summed E-state index contributed by atoms with van der Waals surface area (Å²) in [5, 5.41) is 21.9. The predicted molar refractivity (Wildman–Crippen MR) is 71.2 cm³/mol. The van der Waals surface area contributed by atoms with Crippen LogP contribution < -0.4 is 11.1 Å². The van der Waals surface area contributed by atoms with Crippen molar-refractivity contribution in [2.45, 2.75) is 18.9 Å². The van der Waals surface area contributed by atoms with E-state index >= 15 is 0 Å². The standard InChI is InChI=1S/C13H19N3O2/c1-13(17,5-6-18-2)9-16-11-4-3-10(8-14)12(15)7-11/h3-4,7,16-17H,5-6,9,15H2,1-2H3. The molecule has 0 radical (unpaired) electrons. The number of nitrogens with one attached hydrogen (secondary N) is 1. The number of hydrogen-bond acceptors (Lipinski definition) is 5. The van der Waals surface area contributed by atoms with Gasteiger partial charge in [-0.25, -0.2) is 0 Å². The summed E-state index contributed by atoms with van der Waals surface area (Å²) < 4.78 is 4.94. The summed E-state index contributed by atoms with van der Waals surface area (Å²) >= 11 is 0. The monoisotopic (exact) mass is 249 g/mol. The van der Waals surface area contributed by atoms with Gasteiger partial charge in [0.2, 0.25) is 0 Å². The summed E-state index contributed by atoms with van der Waals surface area (Å²) in [5.41, 5.74) is 6.52. The van der Waals surface area contributed by atoms with Gasteiger partial charge in [-0.15, -0.1) is 0 Å². The molecule has 1 rings (SSSR count). The molecule has 98 valence electrons. The Hall–Kier alpha value is -1.77. The maximum atomic E-state index is 10.1. The molecule has 0 saturated carbocycles. The van der Waals surface area contributed by atoms with Gasteiger partial charge in [-0.1, -0.05) is 0 Å². The first-order valence-corrected chi connectivity index (χ1v) is 5.73. The number of methoxy groups -OCH3 is 1. The van der Waals surface area contributed by atoms with Gasteiger partial charge in [0.15, 0.2) is 0 Å². The summed E-state index contributed by atoms with van der Waals surface area (Å²) in [4.78, 5) is 0. The van der Waals surface area contributed by atoms with E-state index in [-0.39, 0.29) is 0 Å². The highest BCUT2D eigenvalue weighted by molar-refractivity contribution is 5.62. The smallest absolute Gasteiger partial charge is 0.101 e. The van der Waals surface area contributed by atoms with E-state index in [1.54, 1.807) is 32.2 Å². The van der Waals surface area contributed by atoms with E-state index in [1.807, 2.05) is 6.07 Å². The van der Waals surface area contributed by atoms with Crippen molar-refractivity contribution in [3.63, 3.8) is 0 Å². The fourth-order valence-corrected chi connectivity index (χ4v) is 1.48. The first-order chi connectivity index (χ1) is 8.48. The van der Waals surface area contributed by atoms with Gasteiger partial charge in [0.25, 0.3) is 0 Å². The number of benzene rings is 1. The number of hydrogen-bond donors (Lipinski definition) is 3. The van der Waals surface area contributed by atoms with Crippen molar-refractivity contribution >= 4 is 11.4 Å². The van der Waals surface area contributed by atoms with Gasteiger partial charge in [-0.2, -0.15) is 5.26 Å². The third kappa shape index (κ3) is 4.24. The van der Waals surface area contributed by atoms with Crippen LogP contribution in [0.3, 0.4) is 0 Å². The van der Waals surface area contributed by atoms with Crippen molar-refractivity contribution in [1.29, 1.82) is 5.26 Å². The number of nitrogen functional groups attached to an aromatic ring is 1. The van der Waals surface area contributed by atoms with Crippen molar-refractivity contribution in [1.82, 2.24) is 0 Å². The molecule has 5 heteroatoms. The molecule has 0 aliphatic rings. The van der Waals surface area contributed by atoms with Crippen molar-refractivity contribution in [2.24, 2.45) is 0 Å². The molecule has 4 N–H and O–H groups in total. The van der Waals surface area contributed by atoms with E-state index in [2.05, 4.69) is 5.32 Å². The third-order valence-corrected chi connectivity index (χ3v) is 2.69. The number of nitriles is 1. The van der Waals surface area contributed by atoms with Gasteiger partial charge < -0.3 is 20.9 Å². The average molecular weight is 249 g/mol. The second kappa shape index (κ2) is 6.24. The zero-order chi connectivity index (χ0) is 13.6. The normalized spacial score (nSPS) is 13.7. The number of anilines is 2. The number of aliphatic hydroxyl groups is 1. The molecule has 0 aliphatic carbocycles. The minimum atomic E-state index is -0.849. The van der Waals surface area contributed by atoms with Gasteiger partial charge in [0, 0.05) is 32.4 Å². The van der Waals surface area contributed by atoms with Crippen LogP contribution in [-0.4, -0.2) is 31.0 Å². The Bertz CT molecular complexity index is 438. The van der Waals surface area contributed by atoms with Crippen LogP contribution in [0.1, 0.15) is 18.9 Å². The van der Waals surface area contributed by atoms with Crippen LogP contribution in [0.25, 0.3) is 0 Å². The van der Waals surface area contributed by atoms with Gasteiger partial charge in [0.1, 0.15) is 6.07 Å². The van der Waals surface area contributed by atoms with Gasteiger partial charge in [-0.05, 0) is 25.1 Å². The molecule has 0 amide bonds. The molecule has 0 aromatic heterocycles. The predicted octanol–water partition coefficient (Wildman–Crippen LogP) is 1.34. The lowest BCUT2D eigenvalue weighted by Crippen LogP contribution is -2.34. The van der Waals surface area contributed by atoms with Crippen LogP contribution >= 0.6 is 0 Å². The molecule has 1 atom stereocenters. The van der Waals surface area contributed by atoms with Crippen LogP contribution in [0.4, 0.5) is 11.4 Å². The molecule has 0 bridgehead atoms. The molecule has 5 nitrogen and oxygen atoms in total. The molecular formula is C13H19N3O2. The molecule has 0 fully saturated rings. The van der Waals surface area contributed by atoms with E-state index in [1.165, 1.54) is 0 Å². The summed E-state index contributed by atoms with van der Waals surface area (Å²) in [6.45, 7) is 2.64. The van der Waals surface area contributed by atoms with Crippen LogP contribution in [0.15, 0.2) is 18.2 Å². The first-order valence-electron chi connectivity index (χ1n) is 5.73. The number of ether oxygens (including phenoxy) is 1. The Morgan fingerprint density at radius 2 is 2.28 bits per heavy atom. The largest absolute Gasteiger partial charge is 0.398 e. The number of nitrogens with zero attached hydrogens (tertiary/aromatic N) is 1. The SMILES string of the molecule is COCCC(C)(O)CNc1ccc(C#N)c(N)c1. The highest BCUT2D eigenvalue weighted by atomic mass is 16.5. The highest BCUT2D eigenvalue weighted by Crippen LogP contribution is 2.18. The second-order valence-corrected chi connectivity index (χ2v) is 4.51. The van der Waals surface area contributed by atoms with E-state index < -0.39 is 5.60 Å². The maximum absolute atomic E-state index is 10.1. The summed E-state index contributed by atoms with van der Waals surface area (Å²) in [6, 6.07) is 7.11. The fraction of sp³-hybridized carbons (Fsp3) is 0.462. The van der Waals surface area contributed by atoms with Crippen LogP contribution in [0, 0.1) is 11.3 Å². The molecule has 0 heterocycles. The van der Waals surface area contributed by atoms with Gasteiger partial charge in [-0.3, -0.25) is 0 Å².